The number of aromatic amines is 1. The Morgan fingerprint density at radius 2 is 1.58 bits per heavy atom. The Hall–Kier alpha value is -7.73. The van der Waals surface area contributed by atoms with Crippen LogP contribution in [0.4, 0.5) is 0 Å². The number of nitrogens with zero attached hydrogens (tertiary/aromatic N) is 7. The van der Waals surface area contributed by atoms with Gasteiger partial charge < -0.3 is 40.4 Å². The molecule has 2 aromatic carbocycles. The molecule has 5 amide bonds. The first kappa shape index (κ1) is 45.1. The van der Waals surface area contributed by atoms with Crippen LogP contribution in [0.3, 0.4) is 0 Å². The Morgan fingerprint density at radius 1 is 0.841 bits per heavy atom. The van der Waals surface area contributed by atoms with E-state index in [-0.39, 0.29) is 12.3 Å². The molecule has 1 saturated carbocycles. The normalized spacial score (nSPS) is 20.0. The van der Waals surface area contributed by atoms with Gasteiger partial charge in [-0.25, -0.2) is 9.97 Å². The van der Waals surface area contributed by atoms with Crippen molar-refractivity contribution in [1.29, 1.82) is 0 Å². The molecule has 2 saturated heterocycles. The van der Waals surface area contributed by atoms with Gasteiger partial charge in [-0.2, -0.15) is 5.10 Å². The molecular formula is C51H54N12O6. The lowest BCUT2D eigenvalue weighted by Crippen LogP contribution is -2.60. The zero-order valence-electron chi connectivity index (χ0n) is 38.3. The van der Waals surface area contributed by atoms with Gasteiger partial charge in [0, 0.05) is 66.6 Å². The smallest absolute Gasteiger partial charge is 0.252 e. The van der Waals surface area contributed by atoms with Gasteiger partial charge >= 0.3 is 0 Å². The minimum absolute atomic E-state index is 0.0783. The number of nitrogens with one attached hydrogen (secondary N) is 5. The number of rotatable bonds is 13. The summed E-state index contributed by atoms with van der Waals surface area (Å²) in [6.45, 7) is 2.93. The molecule has 69 heavy (non-hydrogen) atoms. The summed E-state index contributed by atoms with van der Waals surface area (Å²) in [5.41, 5.74) is 9.65. The van der Waals surface area contributed by atoms with Crippen LogP contribution >= 0.6 is 0 Å². The zero-order valence-corrected chi connectivity index (χ0v) is 38.3. The highest BCUT2D eigenvalue weighted by Crippen LogP contribution is 2.43. The van der Waals surface area contributed by atoms with E-state index in [2.05, 4.69) is 83.9 Å². The van der Waals surface area contributed by atoms with Gasteiger partial charge in [-0.3, -0.25) is 34.4 Å². The van der Waals surface area contributed by atoms with Crippen LogP contribution in [0.25, 0.3) is 28.5 Å². The van der Waals surface area contributed by atoms with Gasteiger partial charge in [0.05, 0.1) is 28.9 Å². The van der Waals surface area contributed by atoms with Crippen LogP contribution in [0, 0.1) is 0 Å². The second-order valence-corrected chi connectivity index (χ2v) is 18.2. The number of aromatic nitrogens is 4. The molecule has 0 radical (unpaired) electrons. The first-order chi connectivity index (χ1) is 33.7. The van der Waals surface area contributed by atoms with Gasteiger partial charge in [-0.1, -0.05) is 54.6 Å². The van der Waals surface area contributed by atoms with Gasteiger partial charge in [-0.15, -0.1) is 0 Å². The summed E-state index contributed by atoms with van der Waals surface area (Å²) in [6, 6.07) is 20.1. The molecular weight excluding hydrogens is 877 g/mol. The molecule has 1 aliphatic carbocycles. The van der Waals surface area contributed by atoms with E-state index in [0.29, 0.717) is 63.5 Å². The highest BCUT2D eigenvalue weighted by molar-refractivity contribution is 6.06. The number of pyridine rings is 2. The number of carbonyl (C=O) groups is 5. The second kappa shape index (κ2) is 19.5. The lowest BCUT2D eigenvalue weighted by Gasteiger charge is -2.44. The molecule has 4 aliphatic heterocycles. The number of likely N-dealkylation sites (tertiary alicyclic amines) is 2. The first-order valence-corrected chi connectivity index (χ1v) is 23.6. The summed E-state index contributed by atoms with van der Waals surface area (Å²) in [5.74, 6) is -1.21. The van der Waals surface area contributed by atoms with Crippen LogP contribution < -0.4 is 21.4 Å². The summed E-state index contributed by atoms with van der Waals surface area (Å²) in [6.07, 6.45) is 14.6. The maximum absolute atomic E-state index is 14.6. The monoisotopic (exact) mass is 930 g/mol. The number of hydrogen-bond donors (Lipinski definition) is 5. The van der Waals surface area contributed by atoms with Crippen LogP contribution in [0.1, 0.15) is 84.7 Å². The van der Waals surface area contributed by atoms with Crippen molar-refractivity contribution in [3.8, 4) is 22.4 Å². The Labute approximate surface area is 399 Å². The van der Waals surface area contributed by atoms with Crippen LogP contribution in [-0.4, -0.2) is 121 Å². The minimum atomic E-state index is -1.06. The number of ether oxygens (including phenoxy) is 1. The van der Waals surface area contributed by atoms with Crippen molar-refractivity contribution in [2.75, 3.05) is 26.6 Å². The highest BCUT2D eigenvalue weighted by atomic mass is 16.5. The largest absolute Gasteiger partial charge is 0.351 e. The summed E-state index contributed by atoms with van der Waals surface area (Å²) >= 11 is 0. The molecule has 3 fully saturated rings. The molecule has 5 N–H and O–H groups in total. The van der Waals surface area contributed by atoms with E-state index in [1.165, 1.54) is 23.6 Å². The Balaban J connectivity index is 0.846. The third-order valence-electron chi connectivity index (χ3n) is 13.8. The number of carbonyl (C=O) groups excluding carboxylic acids is 5. The van der Waals surface area contributed by atoms with Crippen LogP contribution in [0.2, 0.25) is 0 Å². The molecule has 0 unspecified atom stereocenters. The van der Waals surface area contributed by atoms with Crippen molar-refractivity contribution in [2.45, 2.75) is 88.0 Å². The number of H-pyrrole nitrogens is 1. The van der Waals surface area contributed by atoms with Crippen molar-refractivity contribution in [3.63, 3.8) is 0 Å². The topological polar surface area (TPSA) is 219 Å². The van der Waals surface area contributed by atoms with Crippen molar-refractivity contribution >= 4 is 41.4 Å². The summed E-state index contributed by atoms with van der Waals surface area (Å²) in [5, 5.41) is 13.7. The Bertz CT molecular complexity index is 2780. The zero-order chi connectivity index (χ0) is 47.5. The lowest BCUT2D eigenvalue weighted by molar-refractivity contribution is -0.144. The standard InChI is InChI=1S/C51H54N12O6/c1-32(56-46(64)35-16-21-52-22-17-35)49(67)62-23-5-10-42(62)47(65)58-41(26-37-28-53-29-54-37)50(68)63-24-6-11-43(63)48(66)59-51(19-7-20-51)36-14-12-34(13-15-36)44-38(33-8-3-2-4-9-33)27-39-40(57-44)18-25-61-31-69-30-55-60-45(39)61/h2-4,8-9,12-18,21-22,25,27-29,32,41-43,55H,5-7,10-11,19-20,23-24,26,30-31H2,1H3,(H,53,54)(H,56,64)(H,58,65)(H,59,66)/t32-,41+,42+,43+/m1/s1. The van der Waals surface area contributed by atoms with Crippen LogP contribution in [0.15, 0.2) is 109 Å². The molecule has 18 nitrogen and oxygen atoms in total. The van der Waals surface area contributed by atoms with Crippen molar-refractivity contribution in [1.82, 2.24) is 56.0 Å². The predicted octanol–water partition coefficient (Wildman–Crippen LogP) is 4.04. The van der Waals surface area contributed by atoms with Crippen LogP contribution in [-0.2, 0) is 35.9 Å². The fourth-order valence-corrected chi connectivity index (χ4v) is 10.1. The second-order valence-electron chi connectivity index (χ2n) is 18.2. The number of benzene rings is 2. The van der Waals surface area contributed by atoms with E-state index >= 15 is 0 Å². The average Bonchev–Trinajstić information content (AvgIpc) is 4.16. The summed E-state index contributed by atoms with van der Waals surface area (Å²) in [7, 11) is 0. The Morgan fingerprint density at radius 3 is 2.29 bits per heavy atom. The Kier molecular flexibility index (Phi) is 12.7. The van der Waals surface area contributed by atoms with Gasteiger partial charge in [0.15, 0.2) is 5.84 Å². The molecule has 5 aliphatic rings. The summed E-state index contributed by atoms with van der Waals surface area (Å²) < 4.78 is 5.64. The fraction of sp³-hybridized carbons (Fsp3) is 0.353. The maximum Gasteiger partial charge on any atom is 0.252 e. The number of amidine groups is 1. The van der Waals surface area contributed by atoms with Gasteiger partial charge in [0.2, 0.25) is 23.6 Å². The number of fused-ring (bicyclic) bond motifs is 3. The van der Waals surface area contributed by atoms with E-state index in [0.717, 1.165) is 64.3 Å². The molecule has 5 aromatic rings. The van der Waals surface area contributed by atoms with Gasteiger partial charge in [0.25, 0.3) is 5.91 Å². The van der Waals surface area contributed by atoms with E-state index in [9.17, 15) is 24.0 Å². The minimum Gasteiger partial charge on any atom is -0.351 e. The molecule has 10 rings (SSSR count). The molecule has 18 heteroatoms. The SMILES string of the molecule is C[C@@H](NC(=O)c1ccncc1)C(=O)N1CCC[C@H]1C(=O)N[C@@H](Cc1c[nH]cn1)C(=O)N1CCC[C@H]1C(=O)NC1(c2ccc(-c3nc4c(cc3-c3ccccc3)C3=NNCOCN3C=C4)cc2)CCC1. The molecule has 7 heterocycles. The molecule has 0 bridgehead atoms. The van der Waals surface area contributed by atoms with E-state index < -0.39 is 53.3 Å². The van der Waals surface area contributed by atoms with Gasteiger partial charge in [-0.05, 0) is 87.3 Å². The summed E-state index contributed by atoms with van der Waals surface area (Å²) in [4.78, 5) is 91.2. The van der Waals surface area contributed by atoms with Gasteiger partial charge in [0.1, 0.15) is 37.6 Å². The number of imidazole rings is 1. The van der Waals surface area contributed by atoms with Crippen molar-refractivity contribution in [3.05, 3.63) is 132 Å². The van der Waals surface area contributed by atoms with Crippen molar-refractivity contribution in [2.24, 2.45) is 5.10 Å². The number of hydrazone groups is 1. The lowest BCUT2D eigenvalue weighted by atomic mass is 9.71. The first-order valence-electron chi connectivity index (χ1n) is 23.6. The highest BCUT2D eigenvalue weighted by Gasteiger charge is 2.45. The maximum atomic E-state index is 14.6. The average molecular weight is 931 g/mol. The third-order valence-corrected chi connectivity index (χ3v) is 13.8. The van der Waals surface area contributed by atoms with E-state index in [1.807, 2.05) is 35.4 Å². The van der Waals surface area contributed by atoms with E-state index in [4.69, 9.17) is 9.72 Å². The quantitative estimate of drug-likeness (QED) is 0.114. The predicted molar refractivity (Wildman–Crippen MR) is 255 cm³/mol. The third kappa shape index (κ3) is 9.18. The molecule has 0 spiro atoms. The van der Waals surface area contributed by atoms with E-state index in [1.54, 1.807) is 30.2 Å². The fourth-order valence-electron chi connectivity index (χ4n) is 10.1. The molecule has 4 atom stereocenters. The number of hydrogen-bond acceptors (Lipinski definition) is 12. The molecule has 354 valence electrons. The number of amides is 5. The van der Waals surface area contributed by atoms with Crippen LogP contribution in [0.5, 0.6) is 0 Å². The molecule has 3 aromatic heterocycles. The van der Waals surface area contributed by atoms with Crippen molar-refractivity contribution < 1.29 is 28.7 Å².